The molecule has 0 aliphatic carbocycles. The predicted molar refractivity (Wildman–Crippen MR) is 209 cm³/mol. The van der Waals surface area contributed by atoms with Gasteiger partial charge in [-0.2, -0.15) is 0 Å². The van der Waals surface area contributed by atoms with Gasteiger partial charge in [0.25, 0.3) is 0 Å². The van der Waals surface area contributed by atoms with Crippen LogP contribution in [-0.2, 0) is 0 Å². The number of hydrogen-bond donors (Lipinski definition) is 0. The van der Waals surface area contributed by atoms with E-state index in [1.165, 1.54) is 16.3 Å². The first-order chi connectivity index (χ1) is 25.2. The molecular weight excluding hydrogens is 623 g/mol. The van der Waals surface area contributed by atoms with E-state index < -0.39 is 0 Å². The minimum atomic E-state index is 0.613. The van der Waals surface area contributed by atoms with Gasteiger partial charge in [-0.15, -0.1) is 0 Å². The van der Waals surface area contributed by atoms with E-state index in [1.807, 2.05) is 36.4 Å². The fourth-order valence-electron chi connectivity index (χ4n) is 7.14. The highest BCUT2D eigenvalue weighted by molar-refractivity contribution is 6.19. The summed E-state index contributed by atoms with van der Waals surface area (Å²) in [6.45, 7) is 0. The predicted octanol–water partition coefficient (Wildman–Crippen LogP) is 12.4. The molecule has 2 heterocycles. The second-order valence-electron chi connectivity index (χ2n) is 12.8. The minimum absolute atomic E-state index is 0.613. The molecule has 0 N–H and O–H groups in total. The third-order valence-electron chi connectivity index (χ3n) is 9.70. The van der Waals surface area contributed by atoms with E-state index in [0.717, 1.165) is 66.1 Å². The third kappa shape index (κ3) is 5.13. The molecule has 8 aromatic carbocycles. The van der Waals surface area contributed by atoms with E-state index in [2.05, 4.69) is 140 Å². The molecule has 2 aromatic heterocycles. The summed E-state index contributed by atoms with van der Waals surface area (Å²) in [5, 5.41) is 6.56. The summed E-state index contributed by atoms with van der Waals surface area (Å²) >= 11 is 0. The van der Waals surface area contributed by atoms with E-state index >= 15 is 0 Å². The maximum absolute atomic E-state index is 6.61. The summed E-state index contributed by atoms with van der Waals surface area (Å²) < 4.78 is 6.61. The molecule has 0 spiro atoms. The van der Waals surface area contributed by atoms with Gasteiger partial charge in [0.05, 0.1) is 0 Å². The van der Waals surface area contributed by atoms with Crippen molar-refractivity contribution >= 4 is 43.5 Å². The third-order valence-corrected chi connectivity index (χ3v) is 9.70. The Bertz CT molecular complexity index is 2910. The quantitative estimate of drug-likeness (QED) is 0.186. The lowest BCUT2D eigenvalue weighted by molar-refractivity contribution is 0.673. The molecule has 0 aliphatic heterocycles. The van der Waals surface area contributed by atoms with Gasteiger partial charge in [0.2, 0.25) is 0 Å². The molecule has 0 fully saturated rings. The zero-order chi connectivity index (χ0) is 33.7. The lowest BCUT2D eigenvalue weighted by Crippen LogP contribution is -2.00. The van der Waals surface area contributed by atoms with Gasteiger partial charge in [-0.25, -0.2) is 15.0 Å². The summed E-state index contributed by atoms with van der Waals surface area (Å²) in [5.41, 5.74) is 9.03. The second kappa shape index (κ2) is 11.9. The van der Waals surface area contributed by atoms with Crippen LogP contribution in [0.25, 0.3) is 99.9 Å². The highest BCUT2D eigenvalue weighted by Gasteiger charge is 2.19. The Morgan fingerprint density at radius 2 is 0.902 bits per heavy atom. The Balaban J connectivity index is 1.20. The number of nitrogens with zero attached hydrogens (tertiary/aromatic N) is 3. The largest absolute Gasteiger partial charge is 0.455 e. The standard InChI is InChI=1S/C47H29N3O/c1-3-12-30(13-4-1)34-18-11-19-37(27-34)46-48-45(32-15-5-2-6-16-32)49-47(50-46)42-29-41-40-28-36(35-23-22-31-14-7-8-17-33(31)26-35)24-25-43(40)51-44(41)39-21-10-9-20-38(39)42/h1-29H. The number of rotatable bonds is 5. The van der Waals surface area contributed by atoms with Gasteiger partial charge < -0.3 is 4.42 Å². The highest BCUT2D eigenvalue weighted by atomic mass is 16.3. The van der Waals surface area contributed by atoms with Gasteiger partial charge >= 0.3 is 0 Å². The van der Waals surface area contributed by atoms with E-state index in [0.29, 0.717) is 17.5 Å². The molecule has 4 heteroatoms. The van der Waals surface area contributed by atoms with Crippen LogP contribution in [0.4, 0.5) is 0 Å². The van der Waals surface area contributed by atoms with Gasteiger partial charge in [-0.1, -0.05) is 146 Å². The van der Waals surface area contributed by atoms with Crippen molar-refractivity contribution in [3.05, 3.63) is 176 Å². The summed E-state index contributed by atoms with van der Waals surface area (Å²) in [7, 11) is 0. The van der Waals surface area contributed by atoms with Gasteiger partial charge in [0.15, 0.2) is 17.5 Å². The van der Waals surface area contributed by atoms with Crippen LogP contribution in [-0.4, -0.2) is 15.0 Å². The fourth-order valence-corrected chi connectivity index (χ4v) is 7.14. The Morgan fingerprint density at radius 3 is 1.73 bits per heavy atom. The van der Waals surface area contributed by atoms with Crippen molar-refractivity contribution in [3.8, 4) is 56.4 Å². The summed E-state index contributed by atoms with van der Waals surface area (Å²) in [6, 6.07) is 61.1. The average Bonchev–Trinajstić information content (AvgIpc) is 3.59. The van der Waals surface area contributed by atoms with Crippen LogP contribution in [0.3, 0.4) is 0 Å². The second-order valence-corrected chi connectivity index (χ2v) is 12.8. The summed E-state index contributed by atoms with van der Waals surface area (Å²) in [6.07, 6.45) is 0. The lowest BCUT2D eigenvalue weighted by atomic mass is 9.97. The van der Waals surface area contributed by atoms with Crippen LogP contribution in [0.5, 0.6) is 0 Å². The number of furan rings is 1. The molecular formula is C47H29N3O. The van der Waals surface area contributed by atoms with Crippen molar-refractivity contribution in [1.82, 2.24) is 15.0 Å². The maximum atomic E-state index is 6.61. The zero-order valence-corrected chi connectivity index (χ0v) is 27.5. The van der Waals surface area contributed by atoms with Gasteiger partial charge in [-0.05, 0) is 68.7 Å². The van der Waals surface area contributed by atoms with Gasteiger partial charge in [-0.3, -0.25) is 0 Å². The molecule has 0 amide bonds. The van der Waals surface area contributed by atoms with Crippen LogP contribution in [0.2, 0.25) is 0 Å². The van der Waals surface area contributed by atoms with E-state index in [1.54, 1.807) is 0 Å². The van der Waals surface area contributed by atoms with Crippen LogP contribution in [0.1, 0.15) is 0 Å². The number of hydrogen-bond acceptors (Lipinski definition) is 4. The van der Waals surface area contributed by atoms with E-state index in [9.17, 15) is 0 Å². The highest BCUT2D eigenvalue weighted by Crippen LogP contribution is 2.41. The SMILES string of the molecule is c1ccc(-c2cccc(-c3nc(-c4ccccc4)nc(-c4cc5c6cc(-c7ccc8ccccc8c7)ccc6oc5c5ccccc45)n3)c2)cc1. The molecule has 0 atom stereocenters. The van der Waals surface area contributed by atoms with Crippen molar-refractivity contribution in [2.75, 3.05) is 0 Å². The maximum Gasteiger partial charge on any atom is 0.164 e. The first-order valence-electron chi connectivity index (χ1n) is 17.1. The van der Waals surface area contributed by atoms with Crippen LogP contribution >= 0.6 is 0 Å². The molecule has 51 heavy (non-hydrogen) atoms. The first-order valence-corrected chi connectivity index (χ1v) is 17.1. The van der Waals surface area contributed by atoms with Gasteiger partial charge in [0, 0.05) is 32.8 Å². The van der Waals surface area contributed by atoms with Crippen molar-refractivity contribution in [2.24, 2.45) is 0 Å². The normalized spacial score (nSPS) is 11.5. The number of aromatic nitrogens is 3. The number of benzene rings is 8. The van der Waals surface area contributed by atoms with Crippen LogP contribution in [0.15, 0.2) is 180 Å². The summed E-state index contributed by atoms with van der Waals surface area (Å²) in [4.78, 5) is 15.4. The molecule has 10 rings (SSSR count). The topological polar surface area (TPSA) is 51.8 Å². The van der Waals surface area contributed by atoms with Crippen LogP contribution in [0, 0.1) is 0 Å². The Kier molecular flexibility index (Phi) is 6.78. The van der Waals surface area contributed by atoms with Crippen molar-refractivity contribution < 1.29 is 4.42 Å². The molecule has 0 radical (unpaired) electrons. The fraction of sp³-hybridized carbons (Fsp3) is 0. The monoisotopic (exact) mass is 651 g/mol. The minimum Gasteiger partial charge on any atom is -0.455 e. The van der Waals surface area contributed by atoms with E-state index in [4.69, 9.17) is 19.4 Å². The molecule has 0 saturated heterocycles. The lowest BCUT2D eigenvalue weighted by Gasteiger charge is -2.11. The van der Waals surface area contributed by atoms with Gasteiger partial charge in [0.1, 0.15) is 11.2 Å². The molecule has 4 nitrogen and oxygen atoms in total. The number of fused-ring (bicyclic) bond motifs is 6. The first kappa shape index (κ1) is 29.0. The Labute approximate surface area is 294 Å². The zero-order valence-electron chi connectivity index (χ0n) is 27.5. The molecule has 10 aromatic rings. The molecule has 0 bridgehead atoms. The van der Waals surface area contributed by atoms with E-state index in [-0.39, 0.29) is 0 Å². The molecule has 0 saturated carbocycles. The summed E-state index contributed by atoms with van der Waals surface area (Å²) in [5.74, 6) is 1.86. The molecule has 0 aliphatic rings. The average molecular weight is 652 g/mol. The van der Waals surface area contributed by atoms with Crippen molar-refractivity contribution in [1.29, 1.82) is 0 Å². The Morgan fingerprint density at radius 1 is 0.314 bits per heavy atom. The molecule has 0 unspecified atom stereocenters. The van der Waals surface area contributed by atoms with Crippen LogP contribution < -0.4 is 0 Å². The van der Waals surface area contributed by atoms with Crippen molar-refractivity contribution in [3.63, 3.8) is 0 Å². The smallest absolute Gasteiger partial charge is 0.164 e. The van der Waals surface area contributed by atoms with Crippen molar-refractivity contribution in [2.45, 2.75) is 0 Å². The molecule has 238 valence electrons. The Hall–Kier alpha value is -6.91.